The van der Waals surface area contributed by atoms with Crippen molar-refractivity contribution in [2.75, 3.05) is 6.61 Å². The highest BCUT2D eigenvalue weighted by molar-refractivity contribution is 7.08. The second-order valence-corrected chi connectivity index (χ2v) is 8.04. The van der Waals surface area contributed by atoms with Gasteiger partial charge in [-0.3, -0.25) is 14.2 Å². The summed E-state index contributed by atoms with van der Waals surface area (Å²) in [5, 5.41) is 6.49. The monoisotopic (exact) mass is 446 g/mol. The Morgan fingerprint density at radius 3 is 2.67 bits per heavy atom. The molecule has 0 aliphatic rings. The summed E-state index contributed by atoms with van der Waals surface area (Å²) in [5.41, 5.74) is 1.24. The van der Waals surface area contributed by atoms with E-state index in [-0.39, 0.29) is 31.1 Å². The van der Waals surface area contributed by atoms with Gasteiger partial charge >= 0.3 is 5.97 Å². The van der Waals surface area contributed by atoms with Gasteiger partial charge in [-0.2, -0.15) is 11.3 Å². The molecular weight excluding hydrogens is 427 g/mol. The molecule has 1 aromatic carbocycles. The highest BCUT2D eigenvalue weighted by Gasteiger charge is 2.11. The zero-order chi connectivity index (χ0) is 21.5. The highest BCUT2D eigenvalue weighted by atomic mass is 32.1. The summed E-state index contributed by atoms with van der Waals surface area (Å²) in [5.74, 6) is -1.34. The molecule has 156 valence electrons. The van der Waals surface area contributed by atoms with E-state index in [1.165, 1.54) is 34.1 Å². The van der Waals surface area contributed by atoms with E-state index in [9.17, 15) is 18.8 Å². The zero-order valence-electron chi connectivity index (χ0n) is 16.1. The van der Waals surface area contributed by atoms with Crippen molar-refractivity contribution in [2.24, 2.45) is 0 Å². The number of hydrogen-bond donors (Lipinski definition) is 1. The van der Waals surface area contributed by atoms with Gasteiger partial charge in [0, 0.05) is 6.54 Å². The Kier molecular flexibility index (Phi) is 7.31. The van der Waals surface area contributed by atoms with Crippen LogP contribution in [0.15, 0.2) is 45.9 Å². The quantitative estimate of drug-likeness (QED) is 0.560. The average Bonchev–Trinajstić information content (AvgIpc) is 3.32. The van der Waals surface area contributed by atoms with Gasteiger partial charge in [-0.15, -0.1) is 11.3 Å². The molecule has 0 saturated carbocycles. The number of hydrogen-bond acceptors (Lipinski definition) is 6. The lowest BCUT2D eigenvalue weighted by Gasteiger charge is -2.06. The minimum atomic E-state index is -0.582. The summed E-state index contributed by atoms with van der Waals surface area (Å²) in [6.45, 7) is 1.84. The first-order valence-corrected chi connectivity index (χ1v) is 10.9. The van der Waals surface area contributed by atoms with E-state index in [1.807, 2.05) is 16.8 Å². The Bertz CT molecular complexity index is 1200. The average molecular weight is 447 g/mol. The Morgan fingerprint density at radius 2 is 2.00 bits per heavy atom. The van der Waals surface area contributed by atoms with Crippen molar-refractivity contribution in [1.82, 2.24) is 9.88 Å². The first-order valence-electron chi connectivity index (χ1n) is 9.09. The summed E-state index contributed by atoms with van der Waals surface area (Å²) in [6.07, 6.45) is 2.94. The first-order chi connectivity index (χ1) is 14.5. The third-order valence-electron chi connectivity index (χ3n) is 4.01. The normalized spacial score (nSPS) is 12.2. The molecule has 0 radical (unpaired) electrons. The van der Waals surface area contributed by atoms with Crippen molar-refractivity contribution in [3.8, 4) is 0 Å². The fourth-order valence-corrected chi connectivity index (χ4v) is 4.24. The van der Waals surface area contributed by atoms with E-state index in [1.54, 1.807) is 25.1 Å². The Morgan fingerprint density at radius 1 is 1.23 bits per heavy atom. The number of aromatic nitrogens is 1. The van der Waals surface area contributed by atoms with Crippen LogP contribution < -0.4 is 20.1 Å². The first kappa shape index (κ1) is 21.7. The van der Waals surface area contributed by atoms with E-state index < -0.39 is 11.9 Å². The molecule has 0 unspecified atom stereocenters. The molecule has 0 fully saturated rings. The maximum absolute atomic E-state index is 13.0. The second kappa shape index (κ2) is 10.1. The molecule has 6 nitrogen and oxygen atoms in total. The van der Waals surface area contributed by atoms with Crippen molar-refractivity contribution in [3.63, 3.8) is 0 Å². The molecule has 0 aliphatic heterocycles. The fourth-order valence-electron chi connectivity index (χ4n) is 2.59. The lowest BCUT2D eigenvalue weighted by molar-refractivity contribution is -0.135. The molecule has 1 N–H and O–H groups in total. The van der Waals surface area contributed by atoms with Crippen molar-refractivity contribution < 1.29 is 18.7 Å². The number of benzene rings is 1. The van der Waals surface area contributed by atoms with Gasteiger partial charge in [0.25, 0.3) is 5.56 Å². The lowest BCUT2D eigenvalue weighted by atomic mass is 10.2. The third-order valence-corrected chi connectivity index (χ3v) is 5.77. The summed E-state index contributed by atoms with van der Waals surface area (Å²) in [4.78, 5) is 37.2. The number of halogens is 1. The van der Waals surface area contributed by atoms with Crippen molar-refractivity contribution >= 4 is 46.7 Å². The maximum atomic E-state index is 13.0. The minimum absolute atomic E-state index is 0.197. The topological polar surface area (TPSA) is 77.4 Å². The number of nitrogens with zero attached hydrogens (tertiary/aromatic N) is 1. The van der Waals surface area contributed by atoms with Crippen LogP contribution in [0.5, 0.6) is 0 Å². The van der Waals surface area contributed by atoms with Crippen LogP contribution in [0.4, 0.5) is 4.39 Å². The second-order valence-electron chi connectivity index (χ2n) is 6.20. The zero-order valence-corrected chi connectivity index (χ0v) is 17.7. The molecule has 3 aromatic rings. The number of carbonyl (C=O) groups excluding carboxylic acids is 2. The van der Waals surface area contributed by atoms with Gasteiger partial charge in [0.1, 0.15) is 17.0 Å². The van der Waals surface area contributed by atoms with Crippen LogP contribution in [0.2, 0.25) is 0 Å². The van der Waals surface area contributed by atoms with Crippen LogP contribution in [0, 0.1) is 5.82 Å². The standard InChI is InChI=1S/C21H19FN2O4S2/c1-2-28-20(26)10-19-24(21(27)17(30-19)9-15-7-8-29-13-15)12-18(25)23-11-14-3-5-16(22)6-4-14/h3-10,13H,2,11-12H2,1H3,(H,23,25)/b17-9+,19-10+. The lowest BCUT2D eigenvalue weighted by Crippen LogP contribution is -2.38. The minimum Gasteiger partial charge on any atom is -0.463 e. The van der Waals surface area contributed by atoms with Crippen LogP contribution in [-0.4, -0.2) is 23.1 Å². The van der Waals surface area contributed by atoms with E-state index >= 15 is 0 Å². The Hall–Kier alpha value is -3.04. The molecule has 2 aromatic heterocycles. The van der Waals surface area contributed by atoms with Crippen molar-refractivity contribution in [2.45, 2.75) is 20.0 Å². The van der Waals surface area contributed by atoms with Crippen molar-refractivity contribution in [3.05, 3.63) is 77.6 Å². The summed E-state index contributed by atoms with van der Waals surface area (Å²) < 4.78 is 19.9. The van der Waals surface area contributed by atoms with E-state index in [2.05, 4.69) is 5.32 Å². The molecule has 0 bridgehead atoms. The van der Waals surface area contributed by atoms with Gasteiger partial charge in [-0.1, -0.05) is 12.1 Å². The fraction of sp³-hybridized carbons (Fsp3) is 0.190. The van der Waals surface area contributed by atoms with E-state index in [4.69, 9.17) is 4.74 Å². The Balaban J connectivity index is 1.86. The van der Waals surface area contributed by atoms with Gasteiger partial charge in [-0.25, -0.2) is 9.18 Å². The maximum Gasteiger partial charge on any atom is 0.333 e. The van der Waals surface area contributed by atoms with E-state index in [0.717, 1.165) is 22.5 Å². The van der Waals surface area contributed by atoms with Crippen LogP contribution in [-0.2, 0) is 27.4 Å². The third kappa shape index (κ3) is 5.74. The van der Waals surface area contributed by atoms with Crippen molar-refractivity contribution in [1.29, 1.82) is 0 Å². The molecule has 1 amide bonds. The number of carbonyl (C=O) groups is 2. The number of rotatable bonds is 7. The molecule has 2 heterocycles. The smallest absolute Gasteiger partial charge is 0.333 e. The van der Waals surface area contributed by atoms with Gasteiger partial charge in [0.2, 0.25) is 5.91 Å². The highest BCUT2D eigenvalue weighted by Crippen LogP contribution is 2.06. The van der Waals surface area contributed by atoms with Crippen LogP contribution in [0.3, 0.4) is 0 Å². The Labute approximate surface area is 179 Å². The molecule has 30 heavy (non-hydrogen) atoms. The predicted molar refractivity (Wildman–Crippen MR) is 115 cm³/mol. The summed E-state index contributed by atoms with van der Waals surface area (Å²) in [6, 6.07) is 7.63. The predicted octanol–water partition coefficient (Wildman–Crippen LogP) is 1.60. The molecule has 0 atom stereocenters. The molecular formula is C21H19FN2O4S2. The van der Waals surface area contributed by atoms with E-state index in [0.29, 0.717) is 9.20 Å². The summed E-state index contributed by atoms with van der Waals surface area (Å²) >= 11 is 2.62. The number of ether oxygens (including phenoxy) is 1. The van der Waals surface area contributed by atoms with Gasteiger partial charge in [0.05, 0.1) is 17.2 Å². The SMILES string of the molecule is CCOC(=O)/C=c1/s/c(=C/c2ccsc2)c(=O)n1CC(=O)NCc1ccc(F)cc1. The van der Waals surface area contributed by atoms with Gasteiger partial charge < -0.3 is 10.1 Å². The number of thiophene rings is 1. The molecule has 0 saturated heterocycles. The molecule has 9 heteroatoms. The number of amides is 1. The largest absolute Gasteiger partial charge is 0.463 e. The van der Waals surface area contributed by atoms with Crippen LogP contribution in [0.1, 0.15) is 18.1 Å². The van der Waals surface area contributed by atoms with Crippen LogP contribution >= 0.6 is 22.7 Å². The molecule has 0 spiro atoms. The number of nitrogens with one attached hydrogen (secondary N) is 1. The number of thiazole rings is 1. The van der Waals surface area contributed by atoms with Gasteiger partial charge in [0.15, 0.2) is 0 Å². The molecule has 3 rings (SSSR count). The molecule has 0 aliphatic carbocycles. The van der Waals surface area contributed by atoms with Crippen LogP contribution in [0.25, 0.3) is 12.2 Å². The summed E-state index contributed by atoms with van der Waals surface area (Å²) in [7, 11) is 0. The van der Waals surface area contributed by atoms with Gasteiger partial charge in [-0.05, 0) is 53.1 Å². The number of esters is 1.